The van der Waals surface area contributed by atoms with Crippen molar-refractivity contribution in [2.45, 2.75) is 19.8 Å². The molecule has 25 heavy (non-hydrogen) atoms. The quantitative estimate of drug-likeness (QED) is 0.655. The molecule has 0 spiro atoms. The predicted molar refractivity (Wildman–Crippen MR) is 102 cm³/mol. The van der Waals surface area contributed by atoms with Gasteiger partial charge in [0.15, 0.2) is 11.7 Å². The minimum atomic E-state index is -0.0219. The van der Waals surface area contributed by atoms with Crippen molar-refractivity contribution in [2.24, 2.45) is 10.9 Å². The average Bonchev–Trinajstić information content (AvgIpc) is 3.20. The van der Waals surface area contributed by atoms with Crippen LogP contribution in [0, 0.1) is 5.92 Å². The smallest absolute Gasteiger partial charge is 0.289 e. The molecule has 0 aliphatic carbocycles. The average molecular weight is 365 g/mol. The van der Waals surface area contributed by atoms with Crippen LogP contribution in [-0.4, -0.2) is 72.4 Å². The lowest BCUT2D eigenvalue weighted by molar-refractivity contribution is 0.0657. The van der Waals surface area contributed by atoms with Gasteiger partial charge in [-0.1, -0.05) is 0 Å². The fourth-order valence-electron chi connectivity index (χ4n) is 3.25. The van der Waals surface area contributed by atoms with Crippen LogP contribution in [0.2, 0.25) is 0 Å². The molecular formula is C18H28N4O2S. The van der Waals surface area contributed by atoms with Gasteiger partial charge in [-0.2, -0.15) is 11.8 Å². The second kappa shape index (κ2) is 9.17. The van der Waals surface area contributed by atoms with Crippen molar-refractivity contribution in [1.82, 2.24) is 15.1 Å². The second-order valence-electron chi connectivity index (χ2n) is 6.51. The molecule has 1 amide bonds. The SMILES string of the molecule is CCNC(=NCC1CCSCC1)N1CCN(C(=O)c2ccco2)CC1. The first-order valence-corrected chi connectivity index (χ1v) is 10.4. The standard InChI is InChI=1S/C18H28N4O2S/c1-2-19-18(20-14-15-5-12-25-13-6-15)22-9-7-21(8-10-22)17(23)16-4-3-11-24-16/h3-4,11,15H,2,5-10,12-14H2,1H3,(H,19,20). The maximum absolute atomic E-state index is 12.4. The number of piperazine rings is 1. The number of nitrogens with zero attached hydrogens (tertiary/aromatic N) is 3. The number of nitrogens with one attached hydrogen (secondary N) is 1. The number of carbonyl (C=O) groups is 1. The number of hydrogen-bond donors (Lipinski definition) is 1. The van der Waals surface area contributed by atoms with Crippen LogP contribution in [0.1, 0.15) is 30.3 Å². The van der Waals surface area contributed by atoms with Crippen molar-refractivity contribution in [3.05, 3.63) is 24.2 Å². The molecule has 3 rings (SSSR count). The Morgan fingerprint density at radius 3 is 2.64 bits per heavy atom. The third-order valence-corrected chi connectivity index (χ3v) is 5.82. The van der Waals surface area contributed by atoms with Gasteiger partial charge in [-0.25, -0.2) is 0 Å². The third kappa shape index (κ3) is 4.93. The van der Waals surface area contributed by atoms with Gasteiger partial charge in [0.1, 0.15) is 0 Å². The summed E-state index contributed by atoms with van der Waals surface area (Å²) < 4.78 is 5.22. The minimum Gasteiger partial charge on any atom is -0.459 e. The van der Waals surface area contributed by atoms with Gasteiger partial charge in [0, 0.05) is 39.3 Å². The lowest BCUT2D eigenvalue weighted by atomic mass is 10.0. The first-order chi connectivity index (χ1) is 12.3. The normalized spacial score (nSPS) is 20.0. The Kier molecular flexibility index (Phi) is 6.67. The van der Waals surface area contributed by atoms with Crippen LogP contribution >= 0.6 is 11.8 Å². The van der Waals surface area contributed by atoms with Crippen LogP contribution in [-0.2, 0) is 0 Å². The van der Waals surface area contributed by atoms with Gasteiger partial charge in [0.25, 0.3) is 5.91 Å². The van der Waals surface area contributed by atoms with Crippen LogP contribution in [0.4, 0.5) is 0 Å². The zero-order chi connectivity index (χ0) is 17.5. The number of rotatable bonds is 4. The zero-order valence-corrected chi connectivity index (χ0v) is 15.8. The lowest BCUT2D eigenvalue weighted by Crippen LogP contribution is -2.53. The minimum absolute atomic E-state index is 0.0219. The highest BCUT2D eigenvalue weighted by molar-refractivity contribution is 7.99. The van der Waals surface area contributed by atoms with E-state index in [9.17, 15) is 4.79 Å². The molecule has 0 radical (unpaired) electrons. The molecule has 1 aromatic rings. The number of thioether (sulfide) groups is 1. The number of guanidine groups is 1. The van der Waals surface area contributed by atoms with E-state index in [-0.39, 0.29) is 5.91 Å². The lowest BCUT2D eigenvalue weighted by Gasteiger charge is -2.36. The van der Waals surface area contributed by atoms with Crippen molar-refractivity contribution in [2.75, 3.05) is 50.8 Å². The summed E-state index contributed by atoms with van der Waals surface area (Å²) in [6.07, 6.45) is 4.10. The topological polar surface area (TPSA) is 61.1 Å². The highest BCUT2D eigenvalue weighted by Crippen LogP contribution is 2.22. The summed E-state index contributed by atoms with van der Waals surface area (Å²) in [5.74, 6) is 4.65. The predicted octanol–water partition coefficient (Wildman–Crippen LogP) is 2.15. The monoisotopic (exact) mass is 364 g/mol. The first-order valence-electron chi connectivity index (χ1n) is 9.21. The Labute approximate surface area is 154 Å². The van der Waals surface area contributed by atoms with Crippen molar-refractivity contribution in [1.29, 1.82) is 0 Å². The Morgan fingerprint density at radius 1 is 1.28 bits per heavy atom. The van der Waals surface area contributed by atoms with Crippen LogP contribution in [0.5, 0.6) is 0 Å². The Bertz CT molecular complexity index is 562. The van der Waals surface area contributed by atoms with Crippen LogP contribution in [0.15, 0.2) is 27.8 Å². The Hall–Kier alpha value is -1.63. The van der Waals surface area contributed by atoms with Crippen LogP contribution in [0.25, 0.3) is 0 Å². The fourth-order valence-corrected chi connectivity index (χ4v) is 4.45. The molecule has 0 aromatic carbocycles. The van der Waals surface area contributed by atoms with Gasteiger partial charge in [-0.3, -0.25) is 9.79 Å². The summed E-state index contributed by atoms with van der Waals surface area (Å²) in [5, 5.41) is 3.41. The summed E-state index contributed by atoms with van der Waals surface area (Å²) in [6.45, 7) is 6.88. The molecule has 2 saturated heterocycles. The molecule has 1 N–H and O–H groups in total. The van der Waals surface area contributed by atoms with Crippen molar-refractivity contribution in [3.8, 4) is 0 Å². The molecule has 2 fully saturated rings. The zero-order valence-electron chi connectivity index (χ0n) is 14.9. The molecule has 3 heterocycles. The first kappa shape index (κ1) is 18.2. The Morgan fingerprint density at radius 2 is 2.00 bits per heavy atom. The van der Waals surface area contributed by atoms with E-state index in [4.69, 9.17) is 9.41 Å². The van der Waals surface area contributed by atoms with Crippen molar-refractivity contribution >= 4 is 23.6 Å². The summed E-state index contributed by atoms with van der Waals surface area (Å²) in [5.41, 5.74) is 0. The van der Waals surface area contributed by atoms with E-state index in [0.29, 0.717) is 18.8 Å². The number of carbonyl (C=O) groups excluding carboxylic acids is 1. The molecule has 7 heteroatoms. The van der Waals surface area contributed by atoms with Crippen molar-refractivity contribution in [3.63, 3.8) is 0 Å². The second-order valence-corrected chi connectivity index (χ2v) is 7.73. The largest absolute Gasteiger partial charge is 0.459 e. The molecule has 6 nitrogen and oxygen atoms in total. The molecule has 2 aliphatic heterocycles. The molecular weight excluding hydrogens is 336 g/mol. The maximum Gasteiger partial charge on any atom is 0.289 e. The van der Waals surface area contributed by atoms with Crippen molar-refractivity contribution < 1.29 is 9.21 Å². The van der Waals surface area contributed by atoms with E-state index < -0.39 is 0 Å². The van der Waals surface area contributed by atoms with E-state index in [1.807, 2.05) is 4.90 Å². The maximum atomic E-state index is 12.4. The van der Waals surface area contributed by atoms with E-state index in [1.165, 1.54) is 24.3 Å². The van der Waals surface area contributed by atoms with E-state index >= 15 is 0 Å². The highest BCUT2D eigenvalue weighted by atomic mass is 32.2. The van der Waals surface area contributed by atoms with Gasteiger partial charge in [0.05, 0.1) is 6.26 Å². The van der Waals surface area contributed by atoms with Crippen LogP contribution in [0.3, 0.4) is 0 Å². The number of hydrogen-bond acceptors (Lipinski definition) is 4. The fraction of sp³-hybridized carbons (Fsp3) is 0.667. The Balaban J connectivity index is 1.53. The van der Waals surface area contributed by atoms with Gasteiger partial charge in [-0.05, 0) is 49.3 Å². The molecule has 138 valence electrons. The molecule has 0 unspecified atom stereocenters. The van der Waals surface area contributed by atoms with E-state index in [0.717, 1.165) is 38.1 Å². The van der Waals surface area contributed by atoms with Gasteiger partial charge in [0.2, 0.25) is 0 Å². The third-order valence-electron chi connectivity index (χ3n) is 4.77. The molecule has 1 aromatic heterocycles. The number of aliphatic imine (C=N–C) groups is 1. The van der Waals surface area contributed by atoms with Crippen LogP contribution < -0.4 is 5.32 Å². The highest BCUT2D eigenvalue weighted by Gasteiger charge is 2.25. The van der Waals surface area contributed by atoms with Gasteiger partial charge >= 0.3 is 0 Å². The summed E-state index contributed by atoms with van der Waals surface area (Å²) in [7, 11) is 0. The molecule has 0 bridgehead atoms. The summed E-state index contributed by atoms with van der Waals surface area (Å²) in [4.78, 5) is 21.4. The molecule has 0 atom stereocenters. The van der Waals surface area contributed by atoms with E-state index in [1.54, 1.807) is 18.4 Å². The number of furan rings is 1. The molecule has 0 saturated carbocycles. The summed E-state index contributed by atoms with van der Waals surface area (Å²) in [6, 6.07) is 3.48. The summed E-state index contributed by atoms with van der Waals surface area (Å²) >= 11 is 2.05. The van der Waals surface area contributed by atoms with E-state index in [2.05, 4.69) is 28.9 Å². The van der Waals surface area contributed by atoms with Gasteiger partial charge < -0.3 is 19.5 Å². The van der Waals surface area contributed by atoms with Gasteiger partial charge in [-0.15, -0.1) is 0 Å². The number of amides is 1. The molecule has 2 aliphatic rings.